The van der Waals surface area contributed by atoms with E-state index >= 15 is 0 Å². The van der Waals surface area contributed by atoms with Crippen LogP contribution in [0.25, 0.3) is 11.3 Å². The number of piperidine rings is 1. The number of oxazole rings is 1. The molecule has 2 aromatic carbocycles. The van der Waals surface area contributed by atoms with Crippen molar-refractivity contribution in [2.45, 2.75) is 24.7 Å². The lowest BCUT2D eigenvalue weighted by Gasteiger charge is -2.41. The van der Waals surface area contributed by atoms with Crippen molar-refractivity contribution in [3.63, 3.8) is 0 Å². The summed E-state index contributed by atoms with van der Waals surface area (Å²) in [6, 6.07) is 19.5. The molecule has 2 N–H and O–H groups in total. The number of likely N-dealkylation sites (tertiary alicyclic amines) is 1. The maximum absolute atomic E-state index is 12.9. The molecule has 0 bridgehead atoms. The SMILES string of the molecule is O=C(CC1(c2ccccc2)CCN(C(=O)O)CC1)Nc1ncc(-c2ccccc2)o1. The Morgan fingerprint density at radius 1 is 1.03 bits per heavy atom. The molecular formula is C23H23N3O4. The van der Waals surface area contributed by atoms with Gasteiger partial charge in [-0.2, -0.15) is 0 Å². The molecule has 7 heteroatoms. The first-order chi connectivity index (χ1) is 14.6. The zero-order chi connectivity index (χ0) is 21.0. The highest BCUT2D eigenvalue weighted by Gasteiger charge is 2.39. The molecular weight excluding hydrogens is 382 g/mol. The molecule has 0 saturated carbocycles. The van der Waals surface area contributed by atoms with Gasteiger partial charge in [0.15, 0.2) is 5.76 Å². The summed E-state index contributed by atoms with van der Waals surface area (Å²) in [5.74, 6) is 0.377. The summed E-state index contributed by atoms with van der Waals surface area (Å²) in [5.41, 5.74) is 1.50. The maximum Gasteiger partial charge on any atom is 0.407 e. The number of nitrogens with one attached hydrogen (secondary N) is 1. The Hall–Kier alpha value is -3.61. The number of nitrogens with zero attached hydrogens (tertiary/aromatic N) is 2. The van der Waals surface area contributed by atoms with Gasteiger partial charge in [-0.15, -0.1) is 0 Å². The number of rotatable bonds is 5. The second kappa shape index (κ2) is 8.41. The van der Waals surface area contributed by atoms with Crippen molar-refractivity contribution in [1.29, 1.82) is 0 Å². The summed E-state index contributed by atoms with van der Waals surface area (Å²) in [6.45, 7) is 0.795. The molecule has 1 aliphatic rings. The van der Waals surface area contributed by atoms with E-state index in [2.05, 4.69) is 10.3 Å². The average molecular weight is 405 g/mol. The first kappa shape index (κ1) is 19.7. The molecule has 0 spiro atoms. The summed E-state index contributed by atoms with van der Waals surface area (Å²) >= 11 is 0. The van der Waals surface area contributed by atoms with Crippen LogP contribution in [-0.4, -0.2) is 40.1 Å². The number of hydrogen-bond donors (Lipinski definition) is 2. The zero-order valence-corrected chi connectivity index (χ0v) is 16.5. The molecule has 3 aromatic rings. The van der Waals surface area contributed by atoms with Gasteiger partial charge in [-0.05, 0) is 18.4 Å². The summed E-state index contributed by atoms with van der Waals surface area (Å²) in [5, 5.41) is 12.0. The van der Waals surface area contributed by atoms with Crippen LogP contribution in [0.1, 0.15) is 24.8 Å². The van der Waals surface area contributed by atoms with Gasteiger partial charge < -0.3 is 14.4 Å². The molecule has 4 rings (SSSR count). The van der Waals surface area contributed by atoms with Gasteiger partial charge in [-0.3, -0.25) is 10.1 Å². The van der Waals surface area contributed by atoms with Gasteiger partial charge in [-0.25, -0.2) is 9.78 Å². The highest BCUT2D eigenvalue weighted by atomic mass is 16.4. The predicted molar refractivity (Wildman–Crippen MR) is 112 cm³/mol. The van der Waals surface area contributed by atoms with Gasteiger partial charge in [0.25, 0.3) is 0 Å². The van der Waals surface area contributed by atoms with E-state index in [0.29, 0.717) is 31.7 Å². The molecule has 1 fully saturated rings. The molecule has 7 nitrogen and oxygen atoms in total. The third kappa shape index (κ3) is 4.20. The van der Waals surface area contributed by atoms with E-state index in [1.54, 1.807) is 6.20 Å². The number of amides is 2. The number of hydrogen-bond acceptors (Lipinski definition) is 4. The molecule has 0 atom stereocenters. The van der Waals surface area contributed by atoms with Gasteiger partial charge in [0, 0.05) is 30.5 Å². The van der Waals surface area contributed by atoms with Crippen LogP contribution >= 0.6 is 0 Å². The van der Waals surface area contributed by atoms with Crippen LogP contribution in [0.4, 0.5) is 10.8 Å². The van der Waals surface area contributed by atoms with E-state index in [4.69, 9.17) is 4.42 Å². The van der Waals surface area contributed by atoms with Crippen molar-refractivity contribution in [1.82, 2.24) is 9.88 Å². The van der Waals surface area contributed by atoms with Gasteiger partial charge in [0.05, 0.1) is 6.20 Å². The maximum atomic E-state index is 12.9. The second-order valence-electron chi connectivity index (χ2n) is 7.54. The number of carbonyl (C=O) groups is 2. The second-order valence-corrected chi connectivity index (χ2v) is 7.54. The fourth-order valence-electron chi connectivity index (χ4n) is 4.02. The third-order valence-electron chi connectivity index (χ3n) is 5.69. The summed E-state index contributed by atoms with van der Waals surface area (Å²) < 4.78 is 5.69. The number of aromatic nitrogens is 1. The fourth-order valence-corrected chi connectivity index (χ4v) is 4.02. The van der Waals surface area contributed by atoms with Gasteiger partial charge in [0.1, 0.15) is 0 Å². The van der Waals surface area contributed by atoms with E-state index in [0.717, 1.165) is 11.1 Å². The first-order valence-electron chi connectivity index (χ1n) is 9.90. The molecule has 2 amide bonds. The van der Waals surface area contributed by atoms with E-state index in [1.165, 1.54) is 4.90 Å². The quantitative estimate of drug-likeness (QED) is 0.657. The van der Waals surface area contributed by atoms with E-state index in [-0.39, 0.29) is 18.3 Å². The predicted octanol–water partition coefficient (Wildman–Crippen LogP) is 4.38. The van der Waals surface area contributed by atoms with Crippen molar-refractivity contribution >= 4 is 18.0 Å². The highest BCUT2D eigenvalue weighted by molar-refractivity contribution is 5.90. The Bertz CT molecular complexity index is 1010. The number of carbonyl (C=O) groups excluding carboxylic acids is 1. The molecule has 1 aromatic heterocycles. The molecule has 154 valence electrons. The highest BCUT2D eigenvalue weighted by Crippen LogP contribution is 2.39. The standard InChI is InChI=1S/C23H23N3O4/c27-20(25-21-24-16-19(30-21)17-7-3-1-4-8-17)15-23(18-9-5-2-6-10-18)11-13-26(14-12-23)22(28)29/h1-10,16H,11-15H2,(H,28,29)(H,24,25,27). The van der Waals surface area contributed by atoms with Gasteiger partial charge in [-0.1, -0.05) is 60.7 Å². The molecule has 1 aliphatic heterocycles. The van der Waals surface area contributed by atoms with Crippen LogP contribution in [0.3, 0.4) is 0 Å². The lowest BCUT2D eigenvalue weighted by molar-refractivity contribution is -0.118. The fraction of sp³-hybridized carbons (Fsp3) is 0.261. The lowest BCUT2D eigenvalue weighted by Crippen LogP contribution is -2.46. The van der Waals surface area contributed by atoms with Crippen LogP contribution < -0.4 is 5.32 Å². The van der Waals surface area contributed by atoms with E-state index in [9.17, 15) is 14.7 Å². The normalized spacial score (nSPS) is 15.5. The number of benzene rings is 2. The number of carboxylic acid groups (broad SMARTS) is 1. The van der Waals surface area contributed by atoms with Gasteiger partial charge >= 0.3 is 12.1 Å². The van der Waals surface area contributed by atoms with Crippen molar-refractivity contribution in [2.75, 3.05) is 18.4 Å². The first-order valence-corrected chi connectivity index (χ1v) is 9.90. The monoisotopic (exact) mass is 405 g/mol. The number of anilines is 1. The Labute approximate surface area is 174 Å². The molecule has 1 saturated heterocycles. The topological polar surface area (TPSA) is 95.7 Å². The summed E-state index contributed by atoms with van der Waals surface area (Å²) in [7, 11) is 0. The Balaban J connectivity index is 1.49. The van der Waals surface area contributed by atoms with Gasteiger partial charge in [0.2, 0.25) is 5.91 Å². The minimum Gasteiger partial charge on any atom is -0.465 e. The molecule has 0 radical (unpaired) electrons. The molecule has 30 heavy (non-hydrogen) atoms. The molecule has 0 unspecified atom stereocenters. The van der Waals surface area contributed by atoms with E-state index < -0.39 is 11.5 Å². The van der Waals surface area contributed by atoms with E-state index in [1.807, 2.05) is 60.7 Å². The Kier molecular flexibility index (Phi) is 5.52. The largest absolute Gasteiger partial charge is 0.465 e. The smallest absolute Gasteiger partial charge is 0.407 e. The minimum absolute atomic E-state index is 0.157. The summed E-state index contributed by atoms with van der Waals surface area (Å²) in [4.78, 5) is 29.8. The summed E-state index contributed by atoms with van der Waals surface area (Å²) in [6.07, 6.45) is 2.06. The van der Waals surface area contributed by atoms with Crippen LogP contribution in [-0.2, 0) is 10.2 Å². The lowest BCUT2D eigenvalue weighted by atomic mass is 9.70. The molecule has 2 heterocycles. The zero-order valence-electron chi connectivity index (χ0n) is 16.5. The van der Waals surface area contributed by atoms with Crippen molar-refractivity contribution in [3.8, 4) is 11.3 Å². The van der Waals surface area contributed by atoms with Crippen LogP contribution in [0.15, 0.2) is 71.3 Å². The third-order valence-corrected chi connectivity index (χ3v) is 5.69. The molecule has 0 aliphatic carbocycles. The average Bonchev–Trinajstić information content (AvgIpc) is 3.23. The van der Waals surface area contributed by atoms with Crippen molar-refractivity contribution < 1.29 is 19.1 Å². The van der Waals surface area contributed by atoms with Crippen LogP contribution in [0.2, 0.25) is 0 Å². The van der Waals surface area contributed by atoms with Crippen LogP contribution in [0.5, 0.6) is 0 Å². The van der Waals surface area contributed by atoms with Crippen molar-refractivity contribution in [2.24, 2.45) is 0 Å². The minimum atomic E-state index is -0.922. The Morgan fingerprint density at radius 3 is 2.30 bits per heavy atom. The Morgan fingerprint density at radius 2 is 1.67 bits per heavy atom. The van der Waals surface area contributed by atoms with Crippen LogP contribution in [0, 0.1) is 0 Å². The van der Waals surface area contributed by atoms with Crippen molar-refractivity contribution in [3.05, 3.63) is 72.4 Å².